The van der Waals surface area contributed by atoms with Crippen molar-refractivity contribution in [2.24, 2.45) is 0 Å². The number of rotatable bonds is 2. The second-order valence-electron chi connectivity index (χ2n) is 6.39. The fourth-order valence-electron chi connectivity index (χ4n) is 3.32. The summed E-state index contributed by atoms with van der Waals surface area (Å²) in [5.74, 6) is 0.777. The van der Waals surface area contributed by atoms with E-state index in [0.717, 1.165) is 45.0 Å². The molecule has 1 aromatic carbocycles. The standard InChI is InChI=1S/C18H21N5O/c1-21-8-10-22(11-9-21)18(24)15-12-20-17(13-19-15)23-7-6-14-4-2-3-5-16(14)23/h2-5,12-13H,6-11H2,1H3. The molecule has 0 unspecified atom stereocenters. The van der Waals surface area contributed by atoms with Crippen molar-refractivity contribution in [3.05, 3.63) is 47.9 Å². The predicted molar refractivity (Wildman–Crippen MR) is 92.6 cm³/mol. The SMILES string of the molecule is CN1CCN(C(=O)c2cnc(N3CCc4ccccc43)cn2)CC1. The third-order valence-corrected chi connectivity index (χ3v) is 4.81. The van der Waals surface area contributed by atoms with Crippen molar-refractivity contribution in [3.63, 3.8) is 0 Å². The highest BCUT2D eigenvalue weighted by molar-refractivity contribution is 5.92. The summed E-state index contributed by atoms with van der Waals surface area (Å²) in [7, 11) is 2.07. The van der Waals surface area contributed by atoms with Crippen LogP contribution in [0, 0.1) is 0 Å². The van der Waals surface area contributed by atoms with Crippen molar-refractivity contribution >= 4 is 17.4 Å². The Hall–Kier alpha value is -2.47. The molecule has 0 N–H and O–H groups in total. The summed E-state index contributed by atoms with van der Waals surface area (Å²) < 4.78 is 0. The first kappa shape index (κ1) is 15.1. The van der Waals surface area contributed by atoms with E-state index in [2.05, 4.69) is 45.0 Å². The Morgan fingerprint density at radius 3 is 2.54 bits per heavy atom. The van der Waals surface area contributed by atoms with Crippen LogP contribution in [0.3, 0.4) is 0 Å². The van der Waals surface area contributed by atoms with Gasteiger partial charge in [-0.05, 0) is 25.1 Å². The highest BCUT2D eigenvalue weighted by Crippen LogP contribution is 2.32. The quantitative estimate of drug-likeness (QED) is 0.839. The molecule has 0 aliphatic carbocycles. The Morgan fingerprint density at radius 1 is 1.00 bits per heavy atom. The number of hydrogen-bond donors (Lipinski definition) is 0. The summed E-state index contributed by atoms with van der Waals surface area (Å²) in [6, 6.07) is 8.35. The van der Waals surface area contributed by atoms with Gasteiger partial charge in [0.05, 0.1) is 12.4 Å². The zero-order chi connectivity index (χ0) is 16.5. The van der Waals surface area contributed by atoms with Crippen LogP contribution in [-0.4, -0.2) is 65.4 Å². The van der Waals surface area contributed by atoms with Crippen LogP contribution < -0.4 is 4.90 Å². The third-order valence-electron chi connectivity index (χ3n) is 4.81. The smallest absolute Gasteiger partial charge is 0.274 e. The van der Waals surface area contributed by atoms with Crippen LogP contribution in [0.2, 0.25) is 0 Å². The van der Waals surface area contributed by atoms with Crippen molar-refractivity contribution in [3.8, 4) is 0 Å². The van der Waals surface area contributed by atoms with Crippen LogP contribution >= 0.6 is 0 Å². The van der Waals surface area contributed by atoms with E-state index in [1.54, 1.807) is 12.4 Å². The van der Waals surface area contributed by atoms with Gasteiger partial charge < -0.3 is 14.7 Å². The molecular weight excluding hydrogens is 302 g/mol. The molecule has 2 aromatic rings. The maximum absolute atomic E-state index is 12.5. The molecule has 2 aliphatic rings. The number of para-hydroxylation sites is 1. The van der Waals surface area contributed by atoms with Gasteiger partial charge in [-0.15, -0.1) is 0 Å². The molecule has 124 valence electrons. The van der Waals surface area contributed by atoms with Crippen molar-refractivity contribution in [2.45, 2.75) is 6.42 Å². The lowest BCUT2D eigenvalue weighted by molar-refractivity contribution is 0.0658. The summed E-state index contributed by atoms with van der Waals surface area (Å²) >= 11 is 0. The van der Waals surface area contributed by atoms with E-state index in [4.69, 9.17) is 0 Å². The molecule has 1 fully saturated rings. The van der Waals surface area contributed by atoms with E-state index in [9.17, 15) is 4.79 Å². The largest absolute Gasteiger partial charge is 0.335 e. The van der Waals surface area contributed by atoms with Crippen LogP contribution in [0.5, 0.6) is 0 Å². The molecule has 0 saturated carbocycles. The molecule has 1 saturated heterocycles. The maximum Gasteiger partial charge on any atom is 0.274 e. The number of anilines is 2. The van der Waals surface area contributed by atoms with Gasteiger partial charge in [-0.2, -0.15) is 0 Å². The minimum Gasteiger partial charge on any atom is -0.335 e. The molecule has 0 atom stereocenters. The van der Waals surface area contributed by atoms with Crippen LogP contribution in [0.4, 0.5) is 11.5 Å². The predicted octanol–water partition coefficient (Wildman–Crippen LogP) is 1.56. The molecule has 6 heteroatoms. The third kappa shape index (κ3) is 2.73. The Bertz CT molecular complexity index is 737. The normalized spacial score (nSPS) is 17.9. The monoisotopic (exact) mass is 323 g/mol. The number of fused-ring (bicyclic) bond motifs is 1. The van der Waals surface area contributed by atoms with Crippen molar-refractivity contribution in [1.29, 1.82) is 0 Å². The zero-order valence-electron chi connectivity index (χ0n) is 13.9. The van der Waals surface area contributed by atoms with E-state index >= 15 is 0 Å². The molecule has 0 radical (unpaired) electrons. The number of nitrogens with zero attached hydrogens (tertiary/aromatic N) is 5. The highest BCUT2D eigenvalue weighted by Gasteiger charge is 2.24. The number of carbonyl (C=O) groups excluding carboxylic acids is 1. The van der Waals surface area contributed by atoms with Gasteiger partial charge in [0.1, 0.15) is 5.69 Å². The summed E-state index contributed by atoms with van der Waals surface area (Å²) in [5, 5.41) is 0. The molecule has 0 bridgehead atoms. The second kappa shape index (κ2) is 6.20. The number of aromatic nitrogens is 2. The minimum absolute atomic E-state index is 0.0241. The fourth-order valence-corrected chi connectivity index (χ4v) is 3.32. The average molecular weight is 323 g/mol. The second-order valence-corrected chi connectivity index (χ2v) is 6.39. The summed E-state index contributed by atoms with van der Waals surface area (Å²) in [6.45, 7) is 4.21. The van der Waals surface area contributed by atoms with Gasteiger partial charge in [0.15, 0.2) is 5.82 Å². The summed E-state index contributed by atoms with van der Waals surface area (Å²) in [4.78, 5) is 27.6. The first-order valence-electron chi connectivity index (χ1n) is 8.38. The lowest BCUT2D eigenvalue weighted by Gasteiger charge is -2.32. The molecular formula is C18H21N5O. The Balaban J connectivity index is 1.50. The van der Waals surface area contributed by atoms with Gasteiger partial charge in [0.25, 0.3) is 5.91 Å². The molecule has 24 heavy (non-hydrogen) atoms. The lowest BCUT2D eigenvalue weighted by atomic mass is 10.2. The van der Waals surface area contributed by atoms with Crippen LogP contribution in [0.25, 0.3) is 0 Å². The number of piperazine rings is 1. The topological polar surface area (TPSA) is 52.6 Å². The molecule has 2 aliphatic heterocycles. The number of amides is 1. The van der Waals surface area contributed by atoms with E-state index in [0.29, 0.717) is 5.69 Å². The van der Waals surface area contributed by atoms with Gasteiger partial charge in [0.2, 0.25) is 0 Å². The average Bonchev–Trinajstić information content (AvgIpc) is 3.06. The Morgan fingerprint density at radius 2 is 1.79 bits per heavy atom. The van der Waals surface area contributed by atoms with E-state index < -0.39 is 0 Å². The van der Waals surface area contributed by atoms with E-state index in [1.807, 2.05) is 11.0 Å². The summed E-state index contributed by atoms with van der Waals surface area (Å²) in [5.41, 5.74) is 2.94. The molecule has 3 heterocycles. The van der Waals surface area contributed by atoms with Crippen molar-refractivity contribution in [2.75, 3.05) is 44.7 Å². The molecule has 6 nitrogen and oxygen atoms in total. The van der Waals surface area contributed by atoms with Gasteiger partial charge in [-0.25, -0.2) is 9.97 Å². The number of hydrogen-bond acceptors (Lipinski definition) is 5. The van der Waals surface area contributed by atoms with Gasteiger partial charge in [-0.1, -0.05) is 18.2 Å². The maximum atomic E-state index is 12.5. The van der Waals surface area contributed by atoms with E-state index in [-0.39, 0.29) is 5.91 Å². The van der Waals surface area contributed by atoms with Crippen molar-refractivity contribution in [1.82, 2.24) is 19.8 Å². The van der Waals surface area contributed by atoms with Gasteiger partial charge in [-0.3, -0.25) is 4.79 Å². The zero-order valence-corrected chi connectivity index (χ0v) is 13.9. The number of carbonyl (C=O) groups is 1. The summed E-state index contributed by atoms with van der Waals surface area (Å²) in [6.07, 6.45) is 4.34. The highest BCUT2D eigenvalue weighted by atomic mass is 16.2. The van der Waals surface area contributed by atoms with Gasteiger partial charge in [0, 0.05) is 38.4 Å². The van der Waals surface area contributed by atoms with Gasteiger partial charge >= 0.3 is 0 Å². The van der Waals surface area contributed by atoms with Crippen LogP contribution in [0.15, 0.2) is 36.7 Å². The Labute approximate surface area is 141 Å². The first-order chi connectivity index (χ1) is 11.7. The number of benzene rings is 1. The van der Waals surface area contributed by atoms with Crippen molar-refractivity contribution < 1.29 is 4.79 Å². The van der Waals surface area contributed by atoms with Crippen LogP contribution in [0.1, 0.15) is 16.1 Å². The van der Waals surface area contributed by atoms with Crippen LogP contribution in [-0.2, 0) is 6.42 Å². The Kier molecular flexibility index (Phi) is 3.90. The lowest BCUT2D eigenvalue weighted by Crippen LogP contribution is -2.47. The number of likely N-dealkylation sites (N-methyl/N-ethyl adjacent to an activating group) is 1. The molecule has 4 rings (SSSR count). The fraction of sp³-hybridized carbons (Fsp3) is 0.389. The minimum atomic E-state index is -0.0241. The molecule has 1 amide bonds. The molecule has 1 aromatic heterocycles. The molecule has 0 spiro atoms. The first-order valence-corrected chi connectivity index (χ1v) is 8.38. The van der Waals surface area contributed by atoms with E-state index in [1.165, 1.54) is 11.3 Å².